The van der Waals surface area contributed by atoms with Crippen LogP contribution in [0.15, 0.2) is 0 Å². The van der Waals surface area contributed by atoms with Gasteiger partial charge in [-0.05, 0) is 30.7 Å². The fourth-order valence-electron chi connectivity index (χ4n) is 1.18. The second-order valence-corrected chi connectivity index (χ2v) is 4.02. The zero-order chi connectivity index (χ0) is 10.9. The van der Waals surface area contributed by atoms with Crippen LogP contribution in [0.25, 0.3) is 0 Å². The SMILES string of the molecule is CCc1nc([N+](=O)[O-])nn1C(C)(C)C. The molecule has 0 aliphatic heterocycles. The van der Waals surface area contributed by atoms with Crippen molar-refractivity contribution >= 4 is 5.95 Å². The molecule has 0 fully saturated rings. The monoisotopic (exact) mass is 198 g/mol. The Kier molecular flexibility index (Phi) is 2.55. The lowest BCUT2D eigenvalue weighted by molar-refractivity contribution is -0.394. The van der Waals surface area contributed by atoms with Crippen molar-refractivity contribution in [1.29, 1.82) is 0 Å². The van der Waals surface area contributed by atoms with Gasteiger partial charge < -0.3 is 10.1 Å². The Morgan fingerprint density at radius 2 is 2.07 bits per heavy atom. The molecule has 0 saturated carbocycles. The third kappa shape index (κ3) is 1.89. The van der Waals surface area contributed by atoms with Crippen LogP contribution in [0.2, 0.25) is 0 Å². The summed E-state index contributed by atoms with van der Waals surface area (Å²) in [6.45, 7) is 7.70. The van der Waals surface area contributed by atoms with E-state index in [-0.39, 0.29) is 11.5 Å². The summed E-state index contributed by atoms with van der Waals surface area (Å²) in [6.07, 6.45) is 0.637. The highest BCUT2D eigenvalue weighted by Crippen LogP contribution is 2.17. The molecule has 0 spiro atoms. The van der Waals surface area contributed by atoms with Crippen LogP contribution < -0.4 is 0 Å². The quantitative estimate of drug-likeness (QED) is 0.533. The molecule has 0 saturated heterocycles. The van der Waals surface area contributed by atoms with Crippen molar-refractivity contribution in [3.63, 3.8) is 0 Å². The van der Waals surface area contributed by atoms with Gasteiger partial charge in [0.2, 0.25) is 5.82 Å². The fourth-order valence-corrected chi connectivity index (χ4v) is 1.18. The molecule has 1 aromatic rings. The van der Waals surface area contributed by atoms with E-state index in [9.17, 15) is 10.1 Å². The van der Waals surface area contributed by atoms with Crippen LogP contribution in [0.5, 0.6) is 0 Å². The molecule has 0 bridgehead atoms. The van der Waals surface area contributed by atoms with Gasteiger partial charge in [-0.25, -0.2) is 0 Å². The first-order valence-corrected chi connectivity index (χ1v) is 4.47. The summed E-state index contributed by atoms with van der Waals surface area (Å²) >= 11 is 0. The zero-order valence-corrected chi connectivity index (χ0v) is 8.81. The number of nitro groups is 1. The van der Waals surface area contributed by atoms with E-state index in [0.717, 1.165) is 0 Å². The number of rotatable bonds is 2. The normalized spacial score (nSPS) is 11.7. The molecule has 0 aromatic carbocycles. The molecule has 0 amide bonds. The summed E-state index contributed by atoms with van der Waals surface area (Å²) < 4.78 is 1.60. The molecule has 14 heavy (non-hydrogen) atoms. The summed E-state index contributed by atoms with van der Waals surface area (Å²) in [5.74, 6) is 0.320. The van der Waals surface area contributed by atoms with E-state index < -0.39 is 4.92 Å². The second-order valence-electron chi connectivity index (χ2n) is 4.02. The average Bonchev–Trinajstić information content (AvgIpc) is 2.46. The Bertz CT molecular complexity index is 351. The standard InChI is InChI=1S/C8H14N4O2/c1-5-6-9-7(12(13)14)10-11(6)8(2,3)4/h5H2,1-4H3. The van der Waals surface area contributed by atoms with Gasteiger partial charge >= 0.3 is 5.95 Å². The predicted octanol–water partition coefficient (Wildman–Crippen LogP) is 1.50. The van der Waals surface area contributed by atoms with E-state index in [1.54, 1.807) is 4.68 Å². The minimum Gasteiger partial charge on any atom is -0.390 e. The van der Waals surface area contributed by atoms with Crippen molar-refractivity contribution in [3.05, 3.63) is 15.9 Å². The van der Waals surface area contributed by atoms with E-state index in [0.29, 0.717) is 12.2 Å². The first kappa shape index (κ1) is 10.6. The molecule has 78 valence electrons. The summed E-state index contributed by atoms with van der Waals surface area (Å²) in [4.78, 5) is 13.8. The van der Waals surface area contributed by atoms with Crippen molar-refractivity contribution in [2.75, 3.05) is 0 Å². The summed E-state index contributed by atoms with van der Waals surface area (Å²) in [5, 5.41) is 14.3. The Morgan fingerprint density at radius 1 is 1.50 bits per heavy atom. The highest BCUT2D eigenvalue weighted by molar-refractivity contribution is 5.06. The van der Waals surface area contributed by atoms with Crippen LogP contribution in [0.4, 0.5) is 5.95 Å². The maximum atomic E-state index is 10.5. The summed E-state index contributed by atoms with van der Waals surface area (Å²) in [7, 11) is 0. The van der Waals surface area contributed by atoms with Crippen molar-refractivity contribution in [2.45, 2.75) is 39.7 Å². The number of hydrogen-bond acceptors (Lipinski definition) is 4. The second kappa shape index (κ2) is 3.36. The van der Waals surface area contributed by atoms with Crippen LogP contribution in [-0.2, 0) is 12.0 Å². The topological polar surface area (TPSA) is 73.8 Å². The third-order valence-corrected chi connectivity index (χ3v) is 1.78. The van der Waals surface area contributed by atoms with E-state index in [1.165, 1.54) is 0 Å². The Balaban J connectivity index is 3.22. The number of aryl methyl sites for hydroxylation is 1. The maximum Gasteiger partial charge on any atom is 0.491 e. The Labute approximate surface area is 82.1 Å². The van der Waals surface area contributed by atoms with E-state index in [4.69, 9.17) is 0 Å². The molecule has 0 radical (unpaired) electrons. The minimum absolute atomic E-state index is 0.271. The van der Waals surface area contributed by atoms with Crippen molar-refractivity contribution < 1.29 is 4.92 Å². The largest absolute Gasteiger partial charge is 0.491 e. The molecular weight excluding hydrogens is 184 g/mol. The molecule has 0 N–H and O–H groups in total. The summed E-state index contributed by atoms with van der Waals surface area (Å²) in [5.41, 5.74) is -0.271. The smallest absolute Gasteiger partial charge is 0.390 e. The molecule has 6 heteroatoms. The lowest BCUT2D eigenvalue weighted by atomic mass is 10.1. The first-order chi connectivity index (χ1) is 6.36. The van der Waals surface area contributed by atoms with Crippen LogP contribution >= 0.6 is 0 Å². The van der Waals surface area contributed by atoms with Gasteiger partial charge in [-0.1, -0.05) is 6.92 Å². The highest BCUT2D eigenvalue weighted by Gasteiger charge is 2.27. The molecule has 1 heterocycles. The maximum absolute atomic E-state index is 10.5. The van der Waals surface area contributed by atoms with Crippen LogP contribution in [0, 0.1) is 10.1 Å². The zero-order valence-electron chi connectivity index (χ0n) is 8.81. The van der Waals surface area contributed by atoms with Crippen LogP contribution in [0.1, 0.15) is 33.5 Å². The molecule has 0 atom stereocenters. The molecule has 1 rings (SSSR count). The molecule has 6 nitrogen and oxygen atoms in total. The van der Waals surface area contributed by atoms with Gasteiger partial charge in [0.25, 0.3) is 0 Å². The highest BCUT2D eigenvalue weighted by atomic mass is 16.6. The van der Waals surface area contributed by atoms with E-state index >= 15 is 0 Å². The van der Waals surface area contributed by atoms with Crippen LogP contribution in [0.3, 0.4) is 0 Å². The van der Waals surface area contributed by atoms with Gasteiger partial charge in [-0.3, -0.25) is 0 Å². The van der Waals surface area contributed by atoms with Crippen molar-refractivity contribution in [2.24, 2.45) is 0 Å². The number of nitrogens with zero attached hydrogens (tertiary/aromatic N) is 4. The number of aromatic nitrogens is 3. The van der Waals surface area contributed by atoms with Gasteiger partial charge in [0.05, 0.1) is 5.54 Å². The molecular formula is C8H14N4O2. The van der Waals surface area contributed by atoms with Gasteiger partial charge in [-0.2, -0.15) is 4.68 Å². The molecule has 1 aromatic heterocycles. The van der Waals surface area contributed by atoms with Gasteiger partial charge in [0, 0.05) is 11.5 Å². The average molecular weight is 198 g/mol. The fraction of sp³-hybridized carbons (Fsp3) is 0.750. The third-order valence-electron chi connectivity index (χ3n) is 1.78. The van der Waals surface area contributed by atoms with E-state index in [2.05, 4.69) is 10.1 Å². The van der Waals surface area contributed by atoms with Gasteiger partial charge in [-0.15, -0.1) is 0 Å². The van der Waals surface area contributed by atoms with E-state index in [1.807, 2.05) is 27.7 Å². The van der Waals surface area contributed by atoms with Crippen molar-refractivity contribution in [1.82, 2.24) is 14.8 Å². The minimum atomic E-state index is -0.568. The Morgan fingerprint density at radius 3 is 2.36 bits per heavy atom. The van der Waals surface area contributed by atoms with Crippen LogP contribution in [-0.4, -0.2) is 19.7 Å². The molecule has 0 aliphatic carbocycles. The lowest BCUT2D eigenvalue weighted by Crippen LogP contribution is -2.25. The van der Waals surface area contributed by atoms with Gasteiger partial charge in [0.15, 0.2) is 0 Å². The lowest BCUT2D eigenvalue weighted by Gasteiger charge is -2.16. The van der Waals surface area contributed by atoms with Gasteiger partial charge in [0.1, 0.15) is 0 Å². The molecule has 0 unspecified atom stereocenters. The Hall–Kier alpha value is -1.46. The van der Waals surface area contributed by atoms with Crippen molar-refractivity contribution in [3.8, 4) is 0 Å². The first-order valence-electron chi connectivity index (χ1n) is 4.47. The summed E-state index contributed by atoms with van der Waals surface area (Å²) in [6, 6.07) is 0. The predicted molar refractivity (Wildman–Crippen MR) is 51.1 cm³/mol. The molecule has 0 aliphatic rings. The number of hydrogen-bond donors (Lipinski definition) is 0.